The van der Waals surface area contributed by atoms with Gasteiger partial charge in [-0.3, -0.25) is 9.59 Å². The molecule has 7 heteroatoms. The van der Waals surface area contributed by atoms with E-state index >= 15 is 0 Å². The number of hydrogen-bond acceptors (Lipinski definition) is 4. The van der Waals surface area contributed by atoms with Gasteiger partial charge in [0.2, 0.25) is 11.8 Å². The van der Waals surface area contributed by atoms with Crippen LogP contribution in [0.15, 0.2) is 30.3 Å². The number of carbonyl (C=O) groups is 2. The molecule has 27 heavy (non-hydrogen) atoms. The molecule has 6 nitrogen and oxygen atoms in total. The SMILES string of the molecule is Cl.O=C(NC1CC(=O)N(CCOc2ccccc2)C1)C1CC12CCNCC2. The van der Waals surface area contributed by atoms with E-state index in [1.807, 2.05) is 30.3 Å². The van der Waals surface area contributed by atoms with E-state index in [9.17, 15) is 9.59 Å². The van der Waals surface area contributed by atoms with Gasteiger partial charge in [0.25, 0.3) is 0 Å². The first-order valence-corrected chi connectivity index (χ1v) is 9.63. The van der Waals surface area contributed by atoms with Crippen molar-refractivity contribution in [1.82, 2.24) is 15.5 Å². The van der Waals surface area contributed by atoms with Gasteiger partial charge in [-0.05, 0) is 49.9 Å². The second-order valence-corrected chi connectivity index (χ2v) is 7.78. The van der Waals surface area contributed by atoms with Gasteiger partial charge in [-0.1, -0.05) is 18.2 Å². The third kappa shape index (κ3) is 4.55. The highest BCUT2D eigenvalue weighted by Gasteiger charge is 2.57. The van der Waals surface area contributed by atoms with Gasteiger partial charge in [-0.25, -0.2) is 0 Å². The van der Waals surface area contributed by atoms with E-state index in [1.54, 1.807) is 4.90 Å². The highest BCUT2D eigenvalue weighted by Crippen LogP contribution is 2.58. The van der Waals surface area contributed by atoms with Crippen LogP contribution in [0.5, 0.6) is 5.75 Å². The van der Waals surface area contributed by atoms with Crippen molar-refractivity contribution in [3.63, 3.8) is 0 Å². The van der Waals surface area contributed by atoms with Gasteiger partial charge in [0.15, 0.2) is 0 Å². The van der Waals surface area contributed by atoms with Crippen LogP contribution in [0, 0.1) is 11.3 Å². The second kappa shape index (κ2) is 8.48. The van der Waals surface area contributed by atoms with Crippen molar-refractivity contribution in [3.8, 4) is 5.75 Å². The maximum absolute atomic E-state index is 12.6. The highest BCUT2D eigenvalue weighted by atomic mass is 35.5. The maximum Gasteiger partial charge on any atom is 0.224 e. The number of carbonyl (C=O) groups excluding carboxylic acids is 2. The Kier molecular flexibility index (Phi) is 6.27. The van der Waals surface area contributed by atoms with Gasteiger partial charge in [-0.2, -0.15) is 0 Å². The van der Waals surface area contributed by atoms with Crippen LogP contribution in [0.4, 0.5) is 0 Å². The number of benzene rings is 1. The monoisotopic (exact) mass is 393 g/mol. The van der Waals surface area contributed by atoms with Gasteiger partial charge >= 0.3 is 0 Å². The van der Waals surface area contributed by atoms with Crippen molar-refractivity contribution < 1.29 is 14.3 Å². The molecule has 2 aliphatic heterocycles. The first kappa shape index (κ1) is 20.0. The van der Waals surface area contributed by atoms with Crippen LogP contribution in [0.2, 0.25) is 0 Å². The van der Waals surface area contributed by atoms with E-state index in [0.717, 1.165) is 38.1 Å². The van der Waals surface area contributed by atoms with Crippen LogP contribution < -0.4 is 15.4 Å². The summed E-state index contributed by atoms with van der Waals surface area (Å²) < 4.78 is 5.67. The van der Waals surface area contributed by atoms with Gasteiger partial charge in [0.1, 0.15) is 12.4 Å². The molecule has 148 valence electrons. The topological polar surface area (TPSA) is 70.7 Å². The lowest BCUT2D eigenvalue weighted by Crippen LogP contribution is -2.40. The molecule has 0 aromatic heterocycles. The van der Waals surface area contributed by atoms with Crippen molar-refractivity contribution in [2.75, 3.05) is 32.8 Å². The predicted molar refractivity (Wildman–Crippen MR) is 105 cm³/mol. The summed E-state index contributed by atoms with van der Waals surface area (Å²) in [7, 11) is 0. The van der Waals surface area contributed by atoms with E-state index in [2.05, 4.69) is 10.6 Å². The van der Waals surface area contributed by atoms with Crippen molar-refractivity contribution in [1.29, 1.82) is 0 Å². The molecule has 3 fully saturated rings. The standard InChI is InChI=1S/C20H27N3O3.ClH/c24-18-12-15(14-23(18)10-11-26-16-4-2-1-3-5-16)22-19(25)17-13-20(17)6-8-21-9-7-20;/h1-5,15,17,21H,6-14H2,(H,22,25);1H. The number of rotatable bonds is 6. The Morgan fingerprint density at radius 1 is 1.26 bits per heavy atom. The molecule has 0 bridgehead atoms. The summed E-state index contributed by atoms with van der Waals surface area (Å²) in [5.74, 6) is 1.20. The number of likely N-dealkylation sites (tertiary alicyclic amines) is 1. The van der Waals surface area contributed by atoms with Crippen LogP contribution in [0.3, 0.4) is 0 Å². The fourth-order valence-electron chi connectivity index (χ4n) is 4.37. The zero-order valence-corrected chi connectivity index (χ0v) is 16.3. The average Bonchev–Trinajstić information content (AvgIpc) is 3.23. The molecule has 1 aromatic carbocycles. The van der Waals surface area contributed by atoms with Crippen LogP contribution in [-0.4, -0.2) is 55.5 Å². The number of piperidine rings is 1. The fourth-order valence-corrected chi connectivity index (χ4v) is 4.37. The third-order valence-corrected chi connectivity index (χ3v) is 6.04. The number of nitrogens with zero attached hydrogens (tertiary/aromatic N) is 1. The molecule has 0 radical (unpaired) electrons. The van der Waals surface area contributed by atoms with Crippen LogP contribution in [-0.2, 0) is 9.59 Å². The number of nitrogens with one attached hydrogen (secondary N) is 2. The smallest absolute Gasteiger partial charge is 0.224 e. The minimum absolute atomic E-state index is 0. The Labute approximate surface area is 166 Å². The van der Waals surface area contributed by atoms with Crippen molar-refractivity contribution in [2.45, 2.75) is 31.7 Å². The van der Waals surface area contributed by atoms with Crippen molar-refractivity contribution >= 4 is 24.2 Å². The van der Waals surface area contributed by atoms with Crippen LogP contribution in [0.1, 0.15) is 25.7 Å². The van der Waals surface area contributed by atoms with Gasteiger partial charge in [0, 0.05) is 18.9 Å². The number of amides is 2. The number of para-hydroxylation sites is 1. The lowest BCUT2D eigenvalue weighted by molar-refractivity contribution is -0.128. The summed E-state index contributed by atoms with van der Waals surface area (Å²) in [6, 6.07) is 9.54. The van der Waals surface area contributed by atoms with Gasteiger partial charge < -0.3 is 20.3 Å². The molecule has 3 aliphatic rings. The average molecular weight is 394 g/mol. The zero-order valence-electron chi connectivity index (χ0n) is 15.5. The Morgan fingerprint density at radius 3 is 2.74 bits per heavy atom. The molecule has 2 unspecified atom stereocenters. The first-order valence-electron chi connectivity index (χ1n) is 9.63. The van der Waals surface area contributed by atoms with E-state index in [1.165, 1.54) is 0 Å². The molecule has 2 amide bonds. The van der Waals surface area contributed by atoms with Crippen molar-refractivity contribution in [2.24, 2.45) is 11.3 Å². The Balaban J connectivity index is 0.00000210. The molecular weight excluding hydrogens is 366 g/mol. The molecule has 2 heterocycles. The summed E-state index contributed by atoms with van der Waals surface area (Å²) in [5.41, 5.74) is 0.237. The molecular formula is C20H28ClN3O3. The summed E-state index contributed by atoms with van der Waals surface area (Å²) in [4.78, 5) is 26.6. The summed E-state index contributed by atoms with van der Waals surface area (Å²) in [6.45, 7) is 3.64. The number of halogens is 1. The first-order chi connectivity index (χ1) is 12.7. The molecule has 2 saturated heterocycles. The largest absolute Gasteiger partial charge is 0.492 e. The summed E-state index contributed by atoms with van der Waals surface area (Å²) in [5, 5.41) is 6.48. The van der Waals surface area contributed by atoms with E-state index < -0.39 is 0 Å². The fraction of sp³-hybridized carbons (Fsp3) is 0.600. The molecule has 4 rings (SSSR count). The molecule has 2 N–H and O–H groups in total. The maximum atomic E-state index is 12.6. The highest BCUT2D eigenvalue weighted by molar-refractivity contribution is 5.85. The second-order valence-electron chi connectivity index (χ2n) is 7.78. The van der Waals surface area contributed by atoms with Gasteiger partial charge in [-0.15, -0.1) is 12.4 Å². The Morgan fingerprint density at radius 2 is 2.00 bits per heavy atom. The molecule has 1 spiro atoms. The van der Waals surface area contributed by atoms with E-state index in [0.29, 0.717) is 26.1 Å². The van der Waals surface area contributed by atoms with E-state index in [-0.39, 0.29) is 41.6 Å². The Hall–Kier alpha value is -1.79. The van der Waals surface area contributed by atoms with Crippen LogP contribution in [0.25, 0.3) is 0 Å². The lowest BCUT2D eigenvalue weighted by Gasteiger charge is -2.23. The Bertz CT molecular complexity index is 664. The van der Waals surface area contributed by atoms with Gasteiger partial charge in [0.05, 0.1) is 12.6 Å². The lowest BCUT2D eigenvalue weighted by atomic mass is 9.91. The summed E-state index contributed by atoms with van der Waals surface area (Å²) >= 11 is 0. The third-order valence-electron chi connectivity index (χ3n) is 6.04. The predicted octanol–water partition coefficient (Wildman–Crippen LogP) is 1.59. The quantitative estimate of drug-likeness (QED) is 0.770. The molecule has 1 aromatic rings. The number of hydrogen-bond donors (Lipinski definition) is 2. The molecule has 2 atom stereocenters. The molecule has 1 saturated carbocycles. The minimum atomic E-state index is -0.0638. The summed E-state index contributed by atoms with van der Waals surface area (Å²) in [6.07, 6.45) is 3.60. The zero-order chi connectivity index (χ0) is 18.0. The van der Waals surface area contributed by atoms with E-state index in [4.69, 9.17) is 4.74 Å². The molecule has 1 aliphatic carbocycles. The normalized spacial score (nSPS) is 25.8. The number of ether oxygens (including phenoxy) is 1. The minimum Gasteiger partial charge on any atom is -0.492 e. The van der Waals surface area contributed by atoms with Crippen LogP contribution >= 0.6 is 12.4 Å². The van der Waals surface area contributed by atoms with Crippen molar-refractivity contribution in [3.05, 3.63) is 30.3 Å².